The Labute approximate surface area is 109 Å². The predicted octanol–water partition coefficient (Wildman–Crippen LogP) is 1.08. The first kappa shape index (κ1) is 13.1. The summed E-state index contributed by atoms with van der Waals surface area (Å²) in [5, 5.41) is 13.7. The van der Waals surface area contributed by atoms with Crippen molar-refractivity contribution in [2.24, 2.45) is 5.92 Å². The molecule has 0 saturated carbocycles. The second-order valence-corrected chi connectivity index (χ2v) is 4.75. The zero-order valence-electron chi connectivity index (χ0n) is 10.6. The Bertz CT molecular complexity index is 550. The number of carboxylic acid groups (broad SMARTS) is 1. The first-order chi connectivity index (χ1) is 8.87. The minimum Gasteiger partial charge on any atom is -0.478 e. The van der Waals surface area contributed by atoms with Crippen molar-refractivity contribution in [3.8, 4) is 0 Å². The van der Waals surface area contributed by atoms with E-state index < -0.39 is 23.4 Å². The van der Waals surface area contributed by atoms with E-state index in [9.17, 15) is 14.4 Å². The summed E-state index contributed by atoms with van der Waals surface area (Å²) in [7, 11) is 0. The lowest BCUT2D eigenvalue weighted by molar-refractivity contribution is -0.125. The largest absolute Gasteiger partial charge is 0.478 e. The first-order valence-electron chi connectivity index (χ1n) is 5.85. The molecule has 1 aromatic carbocycles. The number of carbonyl (C=O) groups excluding carboxylic acids is 2. The van der Waals surface area contributed by atoms with Gasteiger partial charge < -0.3 is 10.4 Å². The summed E-state index contributed by atoms with van der Waals surface area (Å²) in [5.41, 5.74) is -0.447. The highest BCUT2D eigenvalue weighted by Crippen LogP contribution is 2.32. The fraction of sp³-hybridized carbons (Fsp3) is 0.308. The monoisotopic (exact) mass is 262 g/mol. The van der Waals surface area contributed by atoms with Gasteiger partial charge in [0.1, 0.15) is 5.54 Å². The molecule has 1 fully saturated rings. The Hall–Kier alpha value is -2.37. The van der Waals surface area contributed by atoms with Crippen molar-refractivity contribution < 1.29 is 19.5 Å². The Morgan fingerprint density at radius 1 is 1.21 bits per heavy atom. The maximum absolute atomic E-state index is 12.1. The number of hydrogen-bond donors (Lipinski definition) is 3. The molecule has 1 atom stereocenters. The molecule has 1 aliphatic rings. The molecular weight excluding hydrogens is 248 g/mol. The number of hydrogen-bond acceptors (Lipinski definition) is 3. The fourth-order valence-electron chi connectivity index (χ4n) is 2.29. The molecule has 0 aromatic heterocycles. The maximum Gasteiger partial charge on any atom is 0.335 e. The highest BCUT2D eigenvalue weighted by Gasteiger charge is 2.49. The van der Waals surface area contributed by atoms with Gasteiger partial charge in [-0.05, 0) is 23.6 Å². The number of imide groups is 1. The summed E-state index contributed by atoms with van der Waals surface area (Å²) in [6.45, 7) is 3.63. The Morgan fingerprint density at radius 3 is 2.16 bits per heavy atom. The minimum atomic E-state index is -1.14. The molecule has 3 N–H and O–H groups in total. The molecule has 3 amide bonds. The van der Waals surface area contributed by atoms with E-state index >= 15 is 0 Å². The van der Waals surface area contributed by atoms with E-state index in [1.54, 1.807) is 12.1 Å². The van der Waals surface area contributed by atoms with Crippen LogP contribution in [0.15, 0.2) is 24.3 Å². The van der Waals surface area contributed by atoms with Crippen LogP contribution < -0.4 is 10.6 Å². The van der Waals surface area contributed by atoms with Crippen molar-refractivity contribution >= 4 is 17.9 Å². The lowest BCUT2D eigenvalue weighted by Gasteiger charge is -2.30. The quantitative estimate of drug-likeness (QED) is 0.710. The van der Waals surface area contributed by atoms with E-state index in [1.807, 2.05) is 13.8 Å². The third-order valence-electron chi connectivity index (χ3n) is 3.35. The standard InChI is InChI=1S/C13H14N2O4/c1-7(2)13(11(18)14-12(19)15-13)9-5-3-8(4-6-9)10(16)17/h3-7H,1-2H3,(H,16,17)(H2,14,15,18,19)/t13-/m1/s1. The van der Waals surface area contributed by atoms with Crippen molar-refractivity contribution in [2.75, 3.05) is 0 Å². The zero-order chi connectivity index (χ0) is 14.2. The molecule has 0 aliphatic carbocycles. The van der Waals surface area contributed by atoms with Gasteiger partial charge in [0.2, 0.25) is 0 Å². The molecule has 1 aromatic rings. The van der Waals surface area contributed by atoms with E-state index in [2.05, 4.69) is 10.6 Å². The van der Waals surface area contributed by atoms with E-state index in [4.69, 9.17) is 5.11 Å². The molecule has 6 nitrogen and oxygen atoms in total. The molecule has 1 heterocycles. The number of nitrogens with one attached hydrogen (secondary N) is 2. The van der Waals surface area contributed by atoms with E-state index in [0.29, 0.717) is 5.56 Å². The van der Waals surface area contributed by atoms with Crippen LogP contribution in [-0.4, -0.2) is 23.0 Å². The van der Waals surface area contributed by atoms with E-state index in [1.165, 1.54) is 12.1 Å². The summed E-state index contributed by atoms with van der Waals surface area (Å²) >= 11 is 0. The molecule has 0 spiro atoms. The minimum absolute atomic E-state index is 0.132. The fourth-order valence-corrected chi connectivity index (χ4v) is 2.29. The zero-order valence-corrected chi connectivity index (χ0v) is 10.6. The molecule has 6 heteroatoms. The van der Waals surface area contributed by atoms with Crippen molar-refractivity contribution in [1.82, 2.24) is 10.6 Å². The molecular formula is C13H14N2O4. The second kappa shape index (κ2) is 4.38. The van der Waals surface area contributed by atoms with Crippen molar-refractivity contribution in [3.63, 3.8) is 0 Å². The number of amides is 3. The van der Waals surface area contributed by atoms with Gasteiger partial charge in [-0.1, -0.05) is 26.0 Å². The van der Waals surface area contributed by atoms with E-state index in [-0.39, 0.29) is 11.5 Å². The van der Waals surface area contributed by atoms with Crippen LogP contribution >= 0.6 is 0 Å². The van der Waals surface area contributed by atoms with Crippen LogP contribution in [0, 0.1) is 5.92 Å². The molecule has 2 rings (SSSR count). The molecule has 100 valence electrons. The lowest BCUT2D eigenvalue weighted by atomic mass is 9.79. The van der Waals surface area contributed by atoms with Crippen LogP contribution in [0.5, 0.6) is 0 Å². The third kappa shape index (κ3) is 1.95. The van der Waals surface area contributed by atoms with Gasteiger partial charge in [0, 0.05) is 0 Å². The van der Waals surface area contributed by atoms with Crippen molar-refractivity contribution in [2.45, 2.75) is 19.4 Å². The normalized spacial score (nSPS) is 22.3. The average molecular weight is 262 g/mol. The molecule has 1 aliphatic heterocycles. The summed E-state index contributed by atoms with van der Waals surface area (Å²) in [6, 6.07) is 5.39. The molecule has 0 bridgehead atoms. The molecule has 19 heavy (non-hydrogen) atoms. The number of carboxylic acids is 1. The van der Waals surface area contributed by atoms with Gasteiger partial charge in [-0.15, -0.1) is 0 Å². The van der Waals surface area contributed by atoms with Crippen LogP contribution in [0.1, 0.15) is 29.8 Å². The molecule has 1 saturated heterocycles. The van der Waals surface area contributed by atoms with Gasteiger partial charge in [-0.3, -0.25) is 10.1 Å². The van der Waals surface area contributed by atoms with Gasteiger partial charge in [-0.25, -0.2) is 9.59 Å². The van der Waals surface area contributed by atoms with Gasteiger partial charge in [0.15, 0.2) is 0 Å². The Balaban J connectivity index is 2.49. The third-order valence-corrected chi connectivity index (χ3v) is 3.35. The van der Waals surface area contributed by atoms with Crippen LogP contribution in [0.4, 0.5) is 4.79 Å². The lowest BCUT2D eigenvalue weighted by Crippen LogP contribution is -2.48. The maximum atomic E-state index is 12.1. The first-order valence-corrected chi connectivity index (χ1v) is 5.85. The number of benzene rings is 1. The predicted molar refractivity (Wildman–Crippen MR) is 66.6 cm³/mol. The number of aromatic carboxylic acids is 1. The second-order valence-electron chi connectivity index (χ2n) is 4.75. The van der Waals surface area contributed by atoms with Crippen LogP contribution in [0.25, 0.3) is 0 Å². The summed E-state index contributed by atoms with van der Waals surface area (Å²) in [5.74, 6) is -1.63. The van der Waals surface area contributed by atoms with Gasteiger partial charge in [0.05, 0.1) is 5.56 Å². The van der Waals surface area contributed by atoms with Crippen LogP contribution in [0.2, 0.25) is 0 Å². The van der Waals surface area contributed by atoms with E-state index in [0.717, 1.165) is 0 Å². The van der Waals surface area contributed by atoms with Crippen LogP contribution in [-0.2, 0) is 10.3 Å². The van der Waals surface area contributed by atoms with Gasteiger partial charge in [0.25, 0.3) is 5.91 Å². The SMILES string of the molecule is CC(C)[C@]1(c2ccc(C(=O)O)cc2)NC(=O)NC1=O. The average Bonchev–Trinajstić information content (AvgIpc) is 2.65. The van der Waals surface area contributed by atoms with Gasteiger partial charge >= 0.3 is 12.0 Å². The van der Waals surface area contributed by atoms with Crippen molar-refractivity contribution in [1.29, 1.82) is 0 Å². The highest BCUT2D eigenvalue weighted by atomic mass is 16.4. The number of carbonyl (C=O) groups is 3. The molecule has 0 radical (unpaired) electrons. The highest BCUT2D eigenvalue weighted by molar-refractivity contribution is 6.07. The number of urea groups is 1. The summed E-state index contributed by atoms with van der Waals surface area (Å²) < 4.78 is 0. The van der Waals surface area contributed by atoms with Gasteiger partial charge in [-0.2, -0.15) is 0 Å². The molecule has 0 unspecified atom stereocenters. The smallest absolute Gasteiger partial charge is 0.335 e. The number of rotatable bonds is 3. The summed E-state index contributed by atoms with van der Waals surface area (Å²) in [6.07, 6.45) is 0. The summed E-state index contributed by atoms with van der Waals surface area (Å²) in [4.78, 5) is 34.3. The van der Waals surface area contributed by atoms with Crippen LogP contribution in [0.3, 0.4) is 0 Å². The Morgan fingerprint density at radius 2 is 1.79 bits per heavy atom. The Kier molecular flexibility index (Phi) is 3.01. The topological polar surface area (TPSA) is 95.5 Å². The van der Waals surface area contributed by atoms with Crippen molar-refractivity contribution in [3.05, 3.63) is 35.4 Å².